The number of hydrogen-bond donors (Lipinski definition) is 1. The summed E-state index contributed by atoms with van der Waals surface area (Å²) in [5.41, 5.74) is -1.38. The van der Waals surface area contributed by atoms with Crippen LogP contribution in [0.2, 0.25) is 0 Å². The molecule has 2 saturated heterocycles. The van der Waals surface area contributed by atoms with Crippen molar-refractivity contribution in [1.29, 1.82) is 0 Å². The van der Waals surface area contributed by atoms with E-state index >= 15 is 0 Å². The standard InChI is InChI=1S/C21H29F2N4O/c1-3-4-20-16-7-9-27(20,10-8-16)15(2)21(28,12-26-14-24-13-25-26)18-6-5-17(22)11-19(18)23/h5-6,11,13-16,20,28H,3-4,7-10,12H2,1-2H3/q+1/t15-,16?,20?,21-,27?/m0/s1. The highest BCUT2D eigenvalue weighted by Crippen LogP contribution is 2.49. The molecule has 0 radical (unpaired) electrons. The molecule has 2 aliphatic rings. The first kappa shape index (κ1) is 19.5. The SMILES string of the molecule is CCCC1C2CC[N+]1([C@@H](C)[C@@](O)(Cn1cncn1)c1ccc(F)cc1F)CC2. The van der Waals surface area contributed by atoms with Gasteiger partial charge < -0.3 is 9.59 Å². The second-order valence-electron chi connectivity index (χ2n) is 8.56. The van der Waals surface area contributed by atoms with Gasteiger partial charge in [0.25, 0.3) is 0 Å². The van der Waals surface area contributed by atoms with E-state index in [2.05, 4.69) is 17.0 Å². The minimum absolute atomic E-state index is 0.0836. The summed E-state index contributed by atoms with van der Waals surface area (Å²) in [6.45, 7) is 6.30. The molecule has 0 amide bonds. The predicted molar refractivity (Wildman–Crippen MR) is 101 cm³/mol. The lowest BCUT2D eigenvalue weighted by molar-refractivity contribution is -0.960. The molecule has 1 unspecified atom stereocenters. The number of fused-ring (bicyclic) bond motifs is 2. The molecule has 7 heteroatoms. The molecule has 0 saturated carbocycles. The van der Waals surface area contributed by atoms with Crippen LogP contribution in [-0.4, -0.2) is 49.5 Å². The molecule has 0 aliphatic carbocycles. The highest BCUT2D eigenvalue weighted by molar-refractivity contribution is 5.26. The van der Waals surface area contributed by atoms with Gasteiger partial charge in [0.05, 0.1) is 25.7 Å². The van der Waals surface area contributed by atoms with E-state index in [9.17, 15) is 13.9 Å². The number of piperidine rings is 1. The molecule has 1 aromatic heterocycles. The van der Waals surface area contributed by atoms with Gasteiger partial charge in [0.15, 0.2) is 5.60 Å². The van der Waals surface area contributed by atoms with Crippen molar-refractivity contribution < 1.29 is 18.4 Å². The summed E-state index contributed by atoms with van der Waals surface area (Å²) in [6, 6.07) is 3.70. The number of quaternary nitrogens is 1. The minimum atomic E-state index is -1.52. The molecule has 2 aliphatic heterocycles. The number of rotatable bonds is 7. The first-order valence-electron chi connectivity index (χ1n) is 10.3. The molecule has 5 nitrogen and oxygen atoms in total. The van der Waals surface area contributed by atoms with E-state index in [1.54, 1.807) is 0 Å². The van der Waals surface area contributed by atoms with Crippen molar-refractivity contribution >= 4 is 0 Å². The van der Waals surface area contributed by atoms with E-state index in [0.717, 1.165) is 49.3 Å². The van der Waals surface area contributed by atoms with Gasteiger partial charge in [0, 0.05) is 30.4 Å². The Hall–Kier alpha value is -1.86. The van der Waals surface area contributed by atoms with Crippen molar-refractivity contribution in [3.8, 4) is 0 Å². The molecule has 3 heterocycles. The summed E-state index contributed by atoms with van der Waals surface area (Å²) in [5, 5.41) is 16.1. The van der Waals surface area contributed by atoms with E-state index < -0.39 is 17.2 Å². The van der Waals surface area contributed by atoms with Gasteiger partial charge in [0.1, 0.15) is 30.3 Å². The predicted octanol–water partition coefficient (Wildman–Crippen LogP) is 3.24. The maximum atomic E-state index is 14.9. The van der Waals surface area contributed by atoms with Crippen LogP contribution in [0.15, 0.2) is 30.9 Å². The van der Waals surface area contributed by atoms with Crippen LogP contribution in [0, 0.1) is 17.6 Å². The van der Waals surface area contributed by atoms with Gasteiger partial charge >= 0.3 is 0 Å². The quantitative estimate of drug-likeness (QED) is 0.738. The molecule has 1 aromatic carbocycles. The van der Waals surface area contributed by atoms with E-state index in [1.807, 2.05) is 6.92 Å². The highest BCUT2D eigenvalue weighted by Gasteiger charge is 2.61. The van der Waals surface area contributed by atoms with Crippen LogP contribution in [0.3, 0.4) is 0 Å². The van der Waals surface area contributed by atoms with Crippen molar-refractivity contribution in [3.63, 3.8) is 0 Å². The molecule has 2 aromatic rings. The van der Waals surface area contributed by atoms with Gasteiger partial charge in [0.2, 0.25) is 0 Å². The molecule has 152 valence electrons. The Morgan fingerprint density at radius 1 is 1.32 bits per heavy atom. The Bertz CT molecular complexity index is 820. The van der Waals surface area contributed by atoms with Crippen LogP contribution in [0.1, 0.15) is 45.1 Å². The van der Waals surface area contributed by atoms with Crippen LogP contribution in [0.4, 0.5) is 8.78 Å². The zero-order valence-electron chi connectivity index (χ0n) is 16.6. The van der Waals surface area contributed by atoms with Crippen LogP contribution < -0.4 is 0 Å². The molecular formula is C21H29F2N4O+. The maximum absolute atomic E-state index is 14.9. The molecule has 0 spiro atoms. The molecule has 4 rings (SSSR count). The summed E-state index contributed by atoms with van der Waals surface area (Å²) >= 11 is 0. The summed E-state index contributed by atoms with van der Waals surface area (Å²) in [6.07, 6.45) is 7.45. The summed E-state index contributed by atoms with van der Waals surface area (Å²) in [4.78, 5) is 3.97. The first-order chi connectivity index (χ1) is 13.4. The summed E-state index contributed by atoms with van der Waals surface area (Å²) < 4.78 is 30.8. The van der Waals surface area contributed by atoms with E-state index in [1.165, 1.54) is 29.5 Å². The second kappa shape index (κ2) is 7.19. The largest absolute Gasteiger partial charge is 0.377 e. The Balaban J connectivity index is 1.79. The zero-order chi connectivity index (χ0) is 19.9. The number of aromatic nitrogens is 3. The van der Waals surface area contributed by atoms with E-state index in [4.69, 9.17) is 0 Å². The molecule has 1 N–H and O–H groups in total. The smallest absolute Gasteiger partial charge is 0.163 e. The first-order valence-corrected chi connectivity index (χ1v) is 10.3. The number of nitrogens with zero attached hydrogens (tertiary/aromatic N) is 4. The van der Waals surface area contributed by atoms with Crippen molar-refractivity contribution in [2.75, 3.05) is 13.1 Å². The Labute approximate surface area is 164 Å². The van der Waals surface area contributed by atoms with Crippen molar-refractivity contribution in [2.24, 2.45) is 5.92 Å². The Kier molecular flexibility index (Phi) is 5.00. The highest BCUT2D eigenvalue weighted by atomic mass is 19.1. The molecule has 2 fully saturated rings. The fraction of sp³-hybridized carbons (Fsp3) is 0.619. The van der Waals surface area contributed by atoms with Crippen molar-refractivity contribution in [3.05, 3.63) is 48.1 Å². The average molecular weight is 391 g/mol. The van der Waals surface area contributed by atoms with Crippen LogP contribution in [0.25, 0.3) is 0 Å². The van der Waals surface area contributed by atoms with Gasteiger partial charge in [-0.05, 0) is 25.5 Å². The third kappa shape index (κ3) is 2.95. The number of halogens is 2. The van der Waals surface area contributed by atoms with Crippen LogP contribution >= 0.6 is 0 Å². The summed E-state index contributed by atoms with van der Waals surface area (Å²) in [7, 11) is 0. The lowest BCUT2D eigenvalue weighted by Crippen LogP contribution is -2.64. The maximum Gasteiger partial charge on any atom is 0.163 e. The van der Waals surface area contributed by atoms with Crippen LogP contribution in [0.5, 0.6) is 0 Å². The van der Waals surface area contributed by atoms with Gasteiger partial charge in [-0.15, -0.1) is 0 Å². The van der Waals surface area contributed by atoms with Crippen LogP contribution in [-0.2, 0) is 12.1 Å². The minimum Gasteiger partial charge on any atom is -0.377 e. The third-order valence-corrected chi connectivity index (χ3v) is 7.35. The fourth-order valence-electron chi connectivity index (χ4n) is 5.94. The zero-order valence-corrected chi connectivity index (χ0v) is 16.6. The molecule has 2 bridgehead atoms. The number of hydrogen-bond acceptors (Lipinski definition) is 3. The lowest BCUT2D eigenvalue weighted by Gasteiger charge is -2.49. The lowest BCUT2D eigenvalue weighted by atomic mass is 9.83. The van der Waals surface area contributed by atoms with Crippen molar-refractivity contribution in [1.82, 2.24) is 14.8 Å². The van der Waals surface area contributed by atoms with E-state index in [-0.39, 0.29) is 18.2 Å². The van der Waals surface area contributed by atoms with Gasteiger partial charge in [-0.2, -0.15) is 5.10 Å². The Morgan fingerprint density at radius 3 is 2.68 bits per heavy atom. The third-order valence-electron chi connectivity index (χ3n) is 7.35. The average Bonchev–Trinajstić information content (AvgIpc) is 3.38. The normalized spacial score (nSPS) is 29.8. The Morgan fingerprint density at radius 2 is 2.07 bits per heavy atom. The second-order valence-corrected chi connectivity index (χ2v) is 8.56. The summed E-state index contributed by atoms with van der Waals surface area (Å²) in [5.74, 6) is -0.680. The van der Waals surface area contributed by atoms with Crippen molar-refractivity contribution in [2.45, 2.75) is 63.8 Å². The van der Waals surface area contributed by atoms with Gasteiger partial charge in [-0.3, -0.25) is 0 Å². The van der Waals surface area contributed by atoms with Gasteiger partial charge in [-0.25, -0.2) is 18.4 Å². The fourth-order valence-corrected chi connectivity index (χ4v) is 5.94. The topological polar surface area (TPSA) is 50.9 Å². The molecule has 28 heavy (non-hydrogen) atoms. The number of benzene rings is 1. The number of aliphatic hydroxyl groups is 1. The molecular weight excluding hydrogens is 362 g/mol. The van der Waals surface area contributed by atoms with Gasteiger partial charge in [-0.1, -0.05) is 13.3 Å². The van der Waals surface area contributed by atoms with E-state index in [0.29, 0.717) is 12.0 Å². The molecule has 3 atom stereocenters. The monoisotopic (exact) mass is 391 g/mol.